The van der Waals surface area contributed by atoms with Crippen LogP contribution in [0.25, 0.3) is 0 Å². The van der Waals surface area contributed by atoms with E-state index in [1.165, 1.54) is 0 Å². The topological polar surface area (TPSA) is 63.6 Å². The molecule has 40 valence electrons. The molecule has 0 amide bonds. The van der Waals surface area contributed by atoms with E-state index in [1.54, 1.807) is 0 Å². The molecule has 8 heavy (non-hydrogen) atoms. The minimum atomic E-state index is -4.10. The van der Waals surface area contributed by atoms with Crippen molar-refractivity contribution in [1.29, 1.82) is 0 Å². The molecule has 0 heterocycles. The summed E-state index contributed by atoms with van der Waals surface area (Å²) in [5.74, 6) is 0. The van der Waals surface area contributed by atoms with Gasteiger partial charge in [0, 0.05) is 0 Å². The fraction of sp³-hybridized carbons (Fsp3) is 0. The van der Waals surface area contributed by atoms with Gasteiger partial charge in [0.05, 0.1) is 0 Å². The first-order valence-corrected chi connectivity index (χ1v) is 3.27. The Morgan fingerprint density at radius 2 is 1.75 bits per heavy atom. The van der Waals surface area contributed by atoms with Crippen LogP contribution in [0.15, 0.2) is 0 Å². The first-order valence-electron chi connectivity index (χ1n) is 1.09. The van der Waals surface area contributed by atoms with E-state index in [4.69, 9.17) is 4.55 Å². The Labute approximate surface area is 124 Å². The Morgan fingerprint density at radius 3 is 1.75 bits per heavy atom. The van der Waals surface area contributed by atoms with Crippen LogP contribution in [0.3, 0.4) is 0 Å². The standard InChI is InChI=1S/Al.K.Na.H2O4S.4H/c;;;1-5(2,3)4;;;;/h;;;(H2,1,2,3,4);;;;/q3*+1;;;;2*-1/p-1. The Balaban J connectivity index is -0.0000000208. The molecule has 0 saturated carbocycles. The maximum absolute atomic E-state index is 9.37. The Bertz CT molecular complexity index is 125. The third-order valence-electron chi connectivity index (χ3n) is 0.211. The van der Waals surface area contributed by atoms with E-state index < -0.39 is 10.4 Å². The normalized spacial score (nSPS) is 8.62. The van der Waals surface area contributed by atoms with Crippen LogP contribution in [0.2, 0.25) is 0 Å². The summed E-state index contributed by atoms with van der Waals surface area (Å²) >= 11 is 0.0100. The van der Waals surface area contributed by atoms with Gasteiger partial charge in [-0.2, -0.15) is 8.42 Å². The van der Waals surface area contributed by atoms with E-state index in [2.05, 4.69) is 3.23 Å². The van der Waals surface area contributed by atoms with Gasteiger partial charge in [-0.15, -0.1) is 0 Å². The Hall–Kier alpha value is 3.04. The van der Waals surface area contributed by atoms with Crippen molar-refractivity contribution in [1.82, 2.24) is 0 Å². The van der Waals surface area contributed by atoms with Crippen molar-refractivity contribution < 1.29 is 100 Å². The van der Waals surface area contributed by atoms with Crippen LogP contribution >= 0.6 is 0 Å². The van der Waals surface area contributed by atoms with Gasteiger partial charge in [0.15, 0.2) is 0 Å². The summed E-state index contributed by atoms with van der Waals surface area (Å²) in [6.45, 7) is 0. The molecular formula is H5AlKNaO4S. The first kappa shape index (κ1) is 17.2. The minimum Gasteiger partial charge on any atom is -1.00 e. The van der Waals surface area contributed by atoms with Crippen LogP contribution in [-0.2, 0) is 13.6 Å². The zero-order chi connectivity index (χ0) is 5.21. The van der Waals surface area contributed by atoms with Crippen molar-refractivity contribution in [3.63, 3.8) is 0 Å². The van der Waals surface area contributed by atoms with Crippen molar-refractivity contribution in [3.8, 4) is 0 Å². The molecule has 0 bridgehead atoms. The van der Waals surface area contributed by atoms with Gasteiger partial charge >= 0.3 is 108 Å². The summed E-state index contributed by atoms with van der Waals surface area (Å²) in [7, 11) is -4.10. The molecule has 0 atom stereocenters. The van der Waals surface area contributed by atoms with Crippen molar-refractivity contribution >= 4 is 27.0 Å². The maximum atomic E-state index is 9.37. The van der Waals surface area contributed by atoms with Crippen molar-refractivity contribution in [3.05, 3.63) is 0 Å². The van der Waals surface area contributed by atoms with E-state index >= 15 is 0 Å². The molecule has 0 aromatic heterocycles. The Kier molecular flexibility index (Phi) is 17.5. The van der Waals surface area contributed by atoms with Crippen molar-refractivity contribution in [2.24, 2.45) is 0 Å². The predicted molar refractivity (Wildman–Crippen MR) is 23.4 cm³/mol. The quantitative estimate of drug-likeness (QED) is 0.329. The molecule has 4 nitrogen and oxygen atoms in total. The molecule has 0 unspecified atom stereocenters. The molecule has 0 radical (unpaired) electrons. The molecule has 0 aromatic rings. The third-order valence-corrected chi connectivity index (χ3v) is 1.90. The molecule has 8 heteroatoms. The van der Waals surface area contributed by atoms with Crippen molar-refractivity contribution in [2.75, 3.05) is 0 Å². The largest absolute Gasteiger partial charge is 1.00 e. The molecule has 0 aliphatic rings. The average molecular weight is 190 g/mol. The molecule has 0 aliphatic heterocycles. The van der Waals surface area contributed by atoms with E-state index in [0.29, 0.717) is 0 Å². The van der Waals surface area contributed by atoms with E-state index in [1.807, 2.05) is 0 Å². The number of hydrogen-bond donors (Lipinski definition) is 1. The molecule has 0 saturated heterocycles. The number of hydrogen-bond acceptors (Lipinski definition) is 3. The van der Waals surface area contributed by atoms with Crippen LogP contribution in [0, 0.1) is 0 Å². The van der Waals surface area contributed by atoms with Gasteiger partial charge < -0.3 is 6.09 Å². The fourth-order valence-electron chi connectivity index (χ4n) is 0. The van der Waals surface area contributed by atoms with E-state index in [0.717, 1.165) is 0 Å². The van der Waals surface area contributed by atoms with E-state index in [-0.39, 0.29) is 100 Å². The molecule has 0 fully saturated rings. The first-order chi connectivity index (χ1) is 2.56. The minimum absolute atomic E-state index is 0. The second-order valence-corrected chi connectivity index (χ2v) is 2.78. The fourth-order valence-corrected chi connectivity index (χ4v) is 0. The summed E-state index contributed by atoms with van der Waals surface area (Å²) < 4.78 is 30.0. The summed E-state index contributed by atoms with van der Waals surface area (Å²) in [5, 5.41) is 0. The molecule has 0 spiro atoms. The molecular weight excluding hydrogens is 185 g/mol. The van der Waals surface area contributed by atoms with Crippen LogP contribution in [0.5, 0.6) is 0 Å². The predicted octanol–water partition coefficient (Wildman–Crippen LogP) is -7.41. The van der Waals surface area contributed by atoms with Gasteiger partial charge in [-0.25, -0.2) is 0 Å². The monoisotopic (exact) mass is 190 g/mol. The van der Waals surface area contributed by atoms with Gasteiger partial charge in [-0.3, -0.25) is 4.55 Å². The van der Waals surface area contributed by atoms with Gasteiger partial charge in [-0.1, -0.05) is 0 Å². The zero-order valence-corrected chi connectivity index (χ0v) is 13.0. The summed E-state index contributed by atoms with van der Waals surface area (Å²) in [6, 6.07) is 0. The SMILES string of the molecule is O=S(=O)(O)[O][AlH2].[H-].[H-].[K+].[Na+]. The molecule has 0 aliphatic carbocycles. The molecule has 0 rings (SSSR count). The third kappa shape index (κ3) is 16.0. The smallest absolute Gasteiger partial charge is 1.00 e. The van der Waals surface area contributed by atoms with Gasteiger partial charge in [0.1, 0.15) is 0 Å². The summed E-state index contributed by atoms with van der Waals surface area (Å²) in [6.07, 6.45) is 0. The second kappa shape index (κ2) is 8.14. The second-order valence-electron chi connectivity index (χ2n) is 0.594. The maximum Gasteiger partial charge on any atom is 1.00 e. The number of rotatable bonds is 1. The van der Waals surface area contributed by atoms with Crippen molar-refractivity contribution in [2.45, 2.75) is 0 Å². The molecule has 1 N–H and O–H groups in total. The molecule has 0 aromatic carbocycles. The van der Waals surface area contributed by atoms with Crippen LogP contribution in [0.1, 0.15) is 2.85 Å². The van der Waals surface area contributed by atoms with Gasteiger partial charge in [0.25, 0.3) is 0 Å². The van der Waals surface area contributed by atoms with Crippen LogP contribution in [0.4, 0.5) is 0 Å². The Morgan fingerprint density at radius 1 is 1.62 bits per heavy atom. The zero-order valence-electron chi connectivity index (χ0n) is 7.08. The summed E-state index contributed by atoms with van der Waals surface area (Å²) in [4.78, 5) is 0. The van der Waals surface area contributed by atoms with Gasteiger partial charge in [-0.05, 0) is 0 Å². The average Bonchev–Trinajstić information content (AvgIpc) is 1.35. The van der Waals surface area contributed by atoms with Crippen LogP contribution in [-0.4, -0.2) is 29.6 Å². The van der Waals surface area contributed by atoms with Gasteiger partial charge in [0.2, 0.25) is 0 Å². The summed E-state index contributed by atoms with van der Waals surface area (Å²) in [5.41, 5.74) is 0. The van der Waals surface area contributed by atoms with E-state index in [9.17, 15) is 8.42 Å². The van der Waals surface area contributed by atoms with Crippen LogP contribution < -0.4 is 80.9 Å².